The third-order valence-electron chi connectivity index (χ3n) is 3.51. The molecule has 0 radical (unpaired) electrons. The maximum atomic E-state index is 11.7. The van der Waals surface area contributed by atoms with Crippen molar-refractivity contribution in [3.63, 3.8) is 0 Å². The molecule has 23 heavy (non-hydrogen) atoms. The van der Waals surface area contributed by atoms with Gasteiger partial charge >= 0.3 is 0 Å². The van der Waals surface area contributed by atoms with Gasteiger partial charge in [0.25, 0.3) is 0 Å². The Morgan fingerprint density at radius 2 is 2.00 bits per heavy atom. The first-order chi connectivity index (χ1) is 11.1. The summed E-state index contributed by atoms with van der Waals surface area (Å²) in [6.45, 7) is 0.672. The van der Waals surface area contributed by atoms with Gasteiger partial charge in [-0.2, -0.15) is 0 Å². The Kier molecular flexibility index (Phi) is 6.36. The van der Waals surface area contributed by atoms with Crippen LogP contribution in [0.4, 0.5) is 5.69 Å². The van der Waals surface area contributed by atoms with Gasteiger partial charge < -0.3 is 10.2 Å². The van der Waals surface area contributed by atoms with Crippen molar-refractivity contribution in [2.75, 3.05) is 25.5 Å². The highest BCUT2D eigenvalue weighted by Gasteiger charge is 1.98. The number of hydrogen-bond donors (Lipinski definition) is 1. The van der Waals surface area contributed by atoms with Crippen LogP contribution < -0.4 is 10.2 Å². The van der Waals surface area contributed by atoms with Gasteiger partial charge in [0, 0.05) is 44.8 Å². The van der Waals surface area contributed by atoms with Gasteiger partial charge in [-0.15, -0.1) is 0 Å². The summed E-state index contributed by atoms with van der Waals surface area (Å²) in [5.74, 6) is -0.0724. The Bertz CT molecular complexity index is 633. The predicted octanol–water partition coefficient (Wildman–Crippen LogP) is 2.91. The second kappa shape index (κ2) is 8.73. The third kappa shape index (κ3) is 5.94. The van der Waals surface area contributed by atoms with Crippen LogP contribution in [-0.4, -0.2) is 31.5 Å². The number of carbonyl (C=O) groups excluding carboxylic acids is 1. The van der Waals surface area contributed by atoms with Crippen molar-refractivity contribution in [1.29, 1.82) is 0 Å². The molecule has 0 unspecified atom stereocenters. The second-order valence-corrected chi connectivity index (χ2v) is 5.58. The van der Waals surface area contributed by atoms with Crippen LogP contribution in [0.5, 0.6) is 0 Å². The van der Waals surface area contributed by atoms with Crippen LogP contribution in [0.2, 0.25) is 0 Å². The zero-order valence-corrected chi connectivity index (χ0v) is 13.7. The molecule has 1 amide bonds. The Hall–Kier alpha value is -2.62. The maximum absolute atomic E-state index is 11.7. The van der Waals surface area contributed by atoms with Crippen LogP contribution in [0.1, 0.15) is 17.5 Å². The maximum Gasteiger partial charge on any atom is 0.244 e. The fraction of sp³-hybridized carbons (Fsp3) is 0.263. The highest BCUT2D eigenvalue weighted by Crippen LogP contribution is 2.13. The van der Waals surface area contributed by atoms with Gasteiger partial charge in [-0.05, 0) is 48.2 Å². The minimum Gasteiger partial charge on any atom is -0.378 e. The highest BCUT2D eigenvalue weighted by molar-refractivity contribution is 5.91. The van der Waals surface area contributed by atoms with Crippen molar-refractivity contribution in [3.8, 4) is 0 Å². The molecule has 0 fully saturated rings. The number of nitrogens with zero attached hydrogens (tertiary/aromatic N) is 2. The number of rotatable bonds is 7. The van der Waals surface area contributed by atoms with Gasteiger partial charge in [-0.3, -0.25) is 9.78 Å². The van der Waals surface area contributed by atoms with Crippen LogP contribution in [0.15, 0.2) is 54.9 Å². The van der Waals surface area contributed by atoms with E-state index >= 15 is 0 Å². The monoisotopic (exact) mass is 309 g/mol. The topological polar surface area (TPSA) is 45.2 Å². The van der Waals surface area contributed by atoms with Gasteiger partial charge in [0.2, 0.25) is 5.91 Å². The molecule has 4 nitrogen and oxygen atoms in total. The van der Waals surface area contributed by atoms with Gasteiger partial charge in [0.15, 0.2) is 0 Å². The fourth-order valence-electron chi connectivity index (χ4n) is 2.17. The molecule has 1 N–H and O–H groups in total. The lowest BCUT2D eigenvalue weighted by atomic mass is 10.1. The number of hydrogen-bond acceptors (Lipinski definition) is 3. The molecule has 1 heterocycles. The number of nitrogens with one attached hydrogen (secondary N) is 1. The molecule has 0 aliphatic rings. The Balaban J connectivity index is 1.68. The first-order valence-electron chi connectivity index (χ1n) is 7.77. The lowest BCUT2D eigenvalue weighted by molar-refractivity contribution is -0.116. The van der Waals surface area contributed by atoms with Crippen molar-refractivity contribution in [2.45, 2.75) is 12.8 Å². The molecular formula is C19H23N3O. The summed E-state index contributed by atoms with van der Waals surface area (Å²) in [5.41, 5.74) is 3.40. The number of pyridine rings is 1. The van der Waals surface area contributed by atoms with Crippen molar-refractivity contribution < 1.29 is 4.79 Å². The van der Waals surface area contributed by atoms with Gasteiger partial charge in [0.1, 0.15) is 0 Å². The van der Waals surface area contributed by atoms with Crippen LogP contribution in [0, 0.1) is 0 Å². The Morgan fingerprint density at radius 1 is 1.22 bits per heavy atom. The Morgan fingerprint density at radius 3 is 2.65 bits per heavy atom. The van der Waals surface area contributed by atoms with Gasteiger partial charge in [0.05, 0.1) is 0 Å². The minimum atomic E-state index is -0.0724. The summed E-state index contributed by atoms with van der Waals surface area (Å²) in [4.78, 5) is 17.8. The summed E-state index contributed by atoms with van der Waals surface area (Å²) in [6, 6.07) is 12.3. The van der Waals surface area contributed by atoms with Crippen molar-refractivity contribution in [3.05, 3.63) is 66.0 Å². The summed E-state index contributed by atoms with van der Waals surface area (Å²) in [7, 11) is 4.06. The van der Waals surface area contributed by atoms with E-state index in [9.17, 15) is 4.79 Å². The van der Waals surface area contributed by atoms with E-state index in [-0.39, 0.29) is 5.91 Å². The smallest absolute Gasteiger partial charge is 0.244 e. The van der Waals surface area contributed by atoms with Crippen molar-refractivity contribution in [2.24, 2.45) is 0 Å². The zero-order valence-electron chi connectivity index (χ0n) is 13.7. The number of aromatic nitrogens is 1. The zero-order chi connectivity index (χ0) is 16.5. The molecule has 1 aromatic heterocycles. The van der Waals surface area contributed by atoms with Crippen molar-refractivity contribution in [1.82, 2.24) is 10.3 Å². The summed E-state index contributed by atoms with van der Waals surface area (Å²) >= 11 is 0. The average Bonchev–Trinajstić information content (AvgIpc) is 2.58. The molecule has 0 saturated heterocycles. The van der Waals surface area contributed by atoms with Crippen molar-refractivity contribution >= 4 is 17.7 Å². The van der Waals surface area contributed by atoms with Crippen LogP contribution in [-0.2, 0) is 11.2 Å². The largest absolute Gasteiger partial charge is 0.378 e. The standard InChI is InChI=1S/C19H23N3O/c1-22(2)18-10-7-16(8-11-18)5-4-14-21-19(23)12-9-17-6-3-13-20-15-17/h3,6-13,15H,4-5,14H2,1-2H3,(H,21,23). The molecule has 0 spiro atoms. The quantitative estimate of drug-likeness (QED) is 0.632. The van der Waals surface area contributed by atoms with E-state index in [2.05, 4.69) is 39.5 Å². The molecule has 0 aliphatic carbocycles. The molecule has 0 saturated carbocycles. The van der Waals surface area contributed by atoms with Gasteiger partial charge in [-0.25, -0.2) is 0 Å². The molecule has 2 rings (SSSR count). The molecule has 4 heteroatoms. The SMILES string of the molecule is CN(C)c1ccc(CCCNC(=O)C=Cc2cccnc2)cc1. The molecule has 1 aromatic carbocycles. The van der Waals surface area contributed by atoms with E-state index in [1.807, 2.05) is 26.2 Å². The summed E-state index contributed by atoms with van der Waals surface area (Å²) in [6.07, 6.45) is 8.63. The second-order valence-electron chi connectivity index (χ2n) is 5.58. The summed E-state index contributed by atoms with van der Waals surface area (Å²) in [5, 5.41) is 2.90. The number of amides is 1. The number of anilines is 1. The van der Waals surface area contributed by atoms with Crippen LogP contribution >= 0.6 is 0 Å². The van der Waals surface area contributed by atoms with Crippen LogP contribution in [0.3, 0.4) is 0 Å². The number of carbonyl (C=O) groups is 1. The first kappa shape index (κ1) is 16.7. The molecular weight excluding hydrogens is 286 g/mol. The highest BCUT2D eigenvalue weighted by atomic mass is 16.1. The fourth-order valence-corrected chi connectivity index (χ4v) is 2.17. The molecule has 0 bridgehead atoms. The number of benzene rings is 1. The lowest BCUT2D eigenvalue weighted by Gasteiger charge is -2.12. The first-order valence-corrected chi connectivity index (χ1v) is 7.77. The molecule has 120 valence electrons. The van der Waals surface area contributed by atoms with Gasteiger partial charge in [-0.1, -0.05) is 18.2 Å². The third-order valence-corrected chi connectivity index (χ3v) is 3.51. The molecule has 0 aliphatic heterocycles. The van der Waals surface area contributed by atoms with E-state index in [1.54, 1.807) is 24.5 Å². The van der Waals surface area contributed by atoms with E-state index in [0.29, 0.717) is 6.54 Å². The van der Waals surface area contributed by atoms with E-state index in [4.69, 9.17) is 0 Å². The van der Waals surface area contributed by atoms with E-state index < -0.39 is 0 Å². The lowest BCUT2D eigenvalue weighted by Crippen LogP contribution is -2.22. The normalized spacial score (nSPS) is 10.7. The Labute approximate surface area is 137 Å². The molecule has 0 atom stereocenters. The summed E-state index contributed by atoms with van der Waals surface area (Å²) < 4.78 is 0. The van der Waals surface area contributed by atoms with Crippen LogP contribution in [0.25, 0.3) is 6.08 Å². The predicted molar refractivity (Wildman–Crippen MR) is 95.4 cm³/mol. The number of aryl methyl sites for hydroxylation is 1. The van der Waals surface area contributed by atoms with E-state index in [0.717, 1.165) is 18.4 Å². The molecule has 2 aromatic rings. The van der Waals surface area contributed by atoms with E-state index in [1.165, 1.54) is 11.3 Å². The average molecular weight is 309 g/mol. The minimum absolute atomic E-state index is 0.0724.